The first kappa shape index (κ1) is 14.6. The molecule has 3 nitrogen and oxygen atoms in total. The molecule has 0 spiro atoms. The van der Waals surface area contributed by atoms with Crippen LogP contribution in [0.4, 0.5) is 0 Å². The van der Waals surface area contributed by atoms with Gasteiger partial charge in [0.25, 0.3) is 5.91 Å². The molecule has 1 N–H and O–H groups in total. The number of carbonyl (C=O) groups is 1. The lowest BCUT2D eigenvalue weighted by molar-refractivity contribution is 0.0951. The van der Waals surface area contributed by atoms with Crippen LogP contribution < -0.4 is 10.1 Å². The van der Waals surface area contributed by atoms with Gasteiger partial charge in [0.1, 0.15) is 12.4 Å². The molecular formula is C16H19NO2S. The lowest BCUT2D eigenvalue weighted by Gasteiger charge is -2.08. The Labute approximate surface area is 123 Å². The van der Waals surface area contributed by atoms with E-state index in [1.165, 1.54) is 16.9 Å². The van der Waals surface area contributed by atoms with E-state index >= 15 is 0 Å². The second-order valence-electron chi connectivity index (χ2n) is 4.48. The third kappa shape index (κ3) is 4.38. The van der Waals surface area contributed by atoms with E-state index in [1.54, 1.807) is 0 Å². The summed E-state index contributed by atoms with van der Waals surface area (Å²) < 4.78 is 5.60. The molecular weight excluding hydrogens is 270 g/mol. The third-order valence-corrected chi connectivity index (χ3v) is 3.73. The average molecular weight is 289 g/mol. The molecule has 2 rings (SSSR count). The Morgan fingerprint density at radius 3 is 2.70 bits per heavy atom. The molecule has 0 aliphatic carbocycles. The van der Waals surface area contributed by atoms with Crippen LogP contribution in [-0.4, -0.2) is 19.1 Å². The molecule has 1 aromatic carbocycles. The molecule has 0 radical (unpaired) electrons. The molecule has 0 atom stereocenters. The minimum Gasteiger partial charge on any atom is -0.492 e. The van der Waals surface area contributed by atoms with Gasteiger partial charge < -0.3 is 10.1 Å². The Morgan fingerprint density at radius 2 is 2.05 bits per heavy atom. The van der Waals surface area contributed by atoms with Crippen molar-refractivity contribution in [2.75, 3.05) is 13.2 Å². The fourth-order valence-corrected chi connectivity index (χ4v) is 2.51. The fourth-order valence-electron chi connectivity index (χ4n) is 1.87. The summed E-state index contributed by atoms with van der Waals surface area (Å²) in [5.74, 6) is 0.803. The smallest absolute Gasteiger partial charge is 0.261 e. The van der Waals surface area contributed by atoms with Gasteiger partial charge in [0, 0.05) is 0 Å². The molecule has 1 amide bonds. The van der Waals surface area contributed by atoms with Gasteiger partial charge in [-0.05, 0) is 35.6 Å². The summed E-state index contributed by atoms with van der Waals surface area (Å²) in [5, 5.41) is 4.73. The Hall–Kier alpha value is -1.81. The largest absolute Gasteiger partial charge is 0.492 e. The van der Waals surface area contributed by atoms with Gasteiger partial charge in [-0.15, -0.1) is 11.3 Å². The van der Waals surface area contributed by atoms with Crippen LogP contribution in [0.25, 0.3) is 0 Å². The van der Waals surface area contributed by atoms with Crippen LogP contribution in [0.1, 0.15) is 28.6 Å². The first-order chi connectivity index (χ1) is 9.79. The molecule has 20 heavy (non-hydrogen) atoms. The number of ether oxygens (including phenoxy) is 1. The van der Waals surface area contributed by atoms with Gasteiger partial charge in [0.15, 0.2) is 0 Å². The average Bonchev–Trinajstić information content (AvgIpc) is 3.00. The number of benzene rings is 1. The van der Waals surface area contributed by atoms with Crippen LogP contribution in [0, 0.1) is 0 Å². The van der Waals surface area contributed by atoms with Crippen molar-refractivity contribution in [3.8, 4) is 5.75 Å². The predicted octanol–water partition coefficient (Wildman–Crippen LogP) is 3.51. The number of amides is 1. The van der Waals surface area contributed by atoms with Gasteiger partial charge in [0.05, 0.1) is 11.4 Å². The highest BCUT2D eigenvalue weighted by atomic mass is 32.1. The molecule has 106 valence electrons. The summed E-state index contributed by atoms with van der Waals surface area (Å²) in [6, 6.07) is 11.8. The minimum absolute atomic E-state index is 0.0399. The Balaban J connectivity index is 1.69. The van der Waals surface area contributed by atoms with E-state index in [2.05, 4.69) is 24.4 Å². The summed E-state index contributed by atoms with van der Waals surface area (Å²) in [5.41, 5.74) is 1.32. The molecule has 0 fully saturated rings. The Bertz CT molecular complexity index is 520. The van der Waals surface area contributed by atoms with Crippen LogP contribution in [0.2, 0.25) is 0 Å². The predicted molar refractivity (Wildman–Crippen MR) is 82.6 cm³/mol. The topological polar surface area (TPSA) is 38.3 Å². The van der Waals surface area contributed by atoms with E-state index < -0.39 is 0 Å². The minimum atomic E-state index is -0.0399. The zero-order valence-electron chi connectivity index (χ0n) is 11.6. The summed E-state index contributed by atoms with van der Waals surface area (Å²) in [7, 11) is 0. The van der Waals surface area contributed by atoms with E-state index in [1.807, 2.05) is 29.6 Å². The number of rotatable bonds is 7. The zero-order chi connectivity index (χ0) is 14.2. The second-order valence-corrected chi connectivity index (χ2v) is 5.42. The van der Waals surface area contributed by atoms with E-state index in [0.29, 0.717) is 13.2 Å². The first-order valence-corrected chi connectivity index (χ1v) is 7.71. The van der Waals surface area contributed by atoms with E-state index in [9.17, 15) is 4.79 Å². The van der Waals surface area contributed by atoms with Crippen molar-refractivity contribution in [3.63, 3.8) is 0 Å². The maximum absolute atomic E-state index is 11.7. The summed E-state index contributed by atoms with van der Waals surface area (Å²) >= 11 is 1.44. The summed E-state index contributed by atoms with van der Waals surface area (Å²) in [6.45, 7) is 3.15. The number of hydrogen-bond donors (Lipinski definition) is 1. The SMILES string of the molecule is CCCc1ccc(OCCNC(=O)c2cccs2)cc1. The molecule has 0 saturated carbocycles. The first-order valence-electron chi connectivity index (χ1n) is 6.83. The third-order valence-electron chi connectivity index (χ3n) is 2.86. The monoisotopic (exact) mass is 289 g/mol. The molecule has 0 aliphatic rings. The quantitative estimate of drug-likeness (QED) is 0.792. The van der Waals surface area contributed by atoms with E-state index in [4.69, 9.17) is 4.74 Å². The van der Waals surface area contributed by atoms with Crippen molar-refractivity contribution in [2.24, 2.45) is 0 Å². The standard InChI is InChI=1S/C16H19NO2S/c1-2-4-13-6-8-14(9-7-13)19-11-10-17-16(18)15-5-3-12-20-15/h3,5-9,12H,2,4,10-11H2,1H3,(H,17,18). The highest BCUT2D eigenvalue weighted by Gasteiger charge is 2.04. The Kier molecular flexibility index (Phi) is 5.62. The summed E-state index contributed by atoms with van der Waals surface area (Å²) in [6.07, 6.45) is 2.24. The maximum atomic E-state index is 11.7. The maximum Gasteiger partial charge on any atom is 0.261 e. The normalized spacial score (nSPS) is 10.2. The van der Waals surface area contributed by atoms with Crippen molar-refractivity contribution in [3.05, 3.63) is 52.2 Å². The molecule has 4 heteroatoms. The van der Waals surface area contributed by atoms with Crippen LogP contribution in [0.15, 0.2) is 41.8 Å². The van der Waals surface area contributed by atoms with Crippen molar-refractivity contribution in [1.29, 1.82) is 0 Å². The van der Waals surface area contributed by atoms with Gasteiger partial charge in [-0.1, -0.05) is 31.5 Å². The molecule has 0 unspecified atom stereocenters. The number of thiophene rings is 1. The van der Waals surface area contributed by atoms with Gasteiger partial charge >= 0.3 is 0 Å². The molecule has 0 aliphatic heterocycles. The number of hydrogen-bond acceptors (Lipinski definition) is 3. The van der Waals surface area contributed by atoms with Crippen molar-refractivity contribution in [1.82, 2.24) is 5.32 Å². The molecule has 1 heterocycles. The van der Waals surface area contributed by atoms with Gasteiger partial charge in [-0.25, -0.2) is 0 Å². The van der Waals surface area contributed by atoms with Gasteiger partial charge in [0.2, 0.25) is 0 Å². The van der Waals surface area contributed by atoms with Crippen molar-refractivity contribution in [2.45, 2.75) is 19.8 Å². The van der Waals surface area contributed by atoms with Crippen LogP contribution in [0.5, 0.6) is 5.75 Å². The van der Waals surface area contributed by atoms with Crippen LogP contribution >= 0.6 is 11.3 Å². The highest BCUT2D eigenvalue weighted by molar-refractivity contribution is 7.12. The molecule has 0 bridgehead atoms. The van der Waals surface area contributed by atoms with Gasteiger partial charge in [-0.2, -0.15) is 0 Å². The van der Waals surface area contributed by atoms with Crippen molar-refractivity contribution < 1.29 is 9.53 Å². The summed E-state index contributed by atoms with van der Waals surface area (Å²) in [4.78, 5) is 12.4. The zero-order valence-corrected chi connectivity index (χ0v) is 12.4. The number of carbonyl (C=O) groups excluding carboxylic acids is 1. The lowest BCUT2D eigenvalue weighted by Crippen LogP contribution is -2.27. The van der Waals surface area contributed by atoms with Crippen LogP contribution in [-0.2, 0) is 6.42 Å². The fraction of sp³-hybridized carbons (Fsp3) is 0.312. The van der Waals surface area contributed by atoms with Crippen LogP contribution in [0.3, 0.4) is 0 Å². The van der Waals surface area contributed by atoms with Crippen molar-refractivity contribution >= 4 is 17.2 Å². The molecule has 1 aromatic heterocycles. The van der Waals surface area contributed by atoms with E-state index in [0.717, 1.165) is 23.5 Å². The number of aryl methyl sites for hydroxylation is 1. The molecule has 0 saturated heterocycles. The highest BCUT2D eigenvalue weighted by Crippen LogP contribution is 2.13. The lowest BCUT2D eigenvalue weighted by atomic mass is 10.1. The van der Waals surface area contributed by atoms with Gasteiger partial charge in [-0.3, -0.25) is 4.79 Å². The molecule has 2 aromatic rings. The number of nitrogens with one attached hydrogen (secondary N) is 1. The Morgan fingerprint density at radius 1 is 1.25 bits per heavy atom. The second kappa shape index (κ2) is 7.70. The van der Waals surface area contributed by atoms with E-state index in [-0.39, 0.29) is 5.91 Å².